The number of ether oxygens (including phenoxy) is 2. The van der Waals surface area contributed by atoms with Gasteiger partial charge in [-0.3, -0.25) is 0 Å². The van der Waals surface area contributed by atoms with Crippen LogP contribution in [0.3, 0.4) is 0 Å². The number of carbonyl (C=O) groups is 1. The Balaban J connectivity index is 2.55. The van der Waals surface area contributed by atoms with E-state index in [9.17, 15) is 4.79 Å². The molecule has 1 N–H and O–H groups in total. The van der Waals surface area contributed by atoms with E-state index in [0.29, 0.717) is 13.2 Å². The molecular formula is C12H22N2O3. The molecule has 0 aromatic heterocycles. The van der Waals surface area contributed by atoms with Gasteiger partial charge < -0.3 is 9.47 Å². The fraction of sp³-hybridized carbons (Fsp3) is 0.833. The molecule has 0 aliphatic carbocycles. The van der Waals surface area contributed by atoms with Crippen LogP contribution in [-0.2, 0) is 9.47 Å². The number of nitrogens with zero attached hydrogens (tertiary/aromatic N) is 1. The topological polar surface area (TPSA) is 59.9 Å². The molecule has 0 bridgehead atoms. The summed E-state index contributed by atoms with van der Waals surface area (Å²) in [6.07, 6.45) is 0.218. The minimum atomic E-state index is -0.521. The molecule has 1 heterocycles. The summed E-state index contributed by atoms with van der Waals surface area (Å²) >= 11 is 0. The minimum absolute atomic E-state index is 0.132. The molecule has 5 heteroatoms. The van der Waals surface area contributed by atoms with Crippen LogP contribution < -0.4 is 5.43 Å². The van der Waals surface area contributed by atoms with Crippen LogP contribution in [0.25, 0.3) is 0 Å². The summed E-state index contributed by atoms with van der Waals surface area (Å²) in [5, 5.41) is 4.13. The van der Waals surface area contributed by atoms with Gasteiger partial charge in [-0.15, -0.1) is 0 Å². The molecule has 0 atom stereocenters. The van der Waals surface area contributed by atoms with E-state index in [1.165, 1.54) is 0 Å². The molecule has 1 aliphatic rings. The number of hydrogen-bond donors (Lipinski definition) is 1. The fourth-order valence-electron chi connectivity index (χ4n) is 1.54. The maximum atomic E-state index is 11.4. The number of rotatable bonds is 1. The first-order valence-corrected chi connectivity index (χ1v) is 5.84. The van der Waals surface area contributed by atoms with Crippen LogP contribution in [0.1, 0.15) is 41.0 Å². The molecule has 0 radical (unpaired) electrons. The second-order valence-corrected chi connectivity index (χ2v) is 5.86. The quantitative estimate of drug-likeness (QED) is 0.718. The van der Waals surface area contributed by atoms with Gasteiger partial charge in [0.15, 0.2) is 0 Å². The Labute approximate surface area is 103 Å². The molecule has 5 nitrogen and oxygen atoms in total. The predicted octanol–water partition coefficient (Wildman–Crippen LogP) is 2.31. The number of carbonyl (C=O) groups excluding carboxylic acids is 1. The van der Waals surface area contributed by atoms with Crippen molar-refractivity contribution in [3.63, 3.8) is 0 Å². The Morgan fingerprint density at radius 3 is 2.65 bits per heavy atom. The zero-order chi connectivity index (χ0) is 13.1. The molecule has 1 amide bonds. The highest BCUT2D eigenvalue weighted by atomic mass is 16.6. The third-order valence-electron chi connectivity index (χ3n) is 2.41. The summed E-state index contributed by atoms with van der Waals surface area (Å²) in [7, 11) is 0. The van der Waals surface area contributed by atoms with Crippen LogP contribution in [0.15, 0.2) is 5.10 Å². The van der Waals surface area contributed by atoms with E-state index >= 15 is 0 Å². The van der Waals surface area contributed by atoms with Crippen LogP contribution in [0, 0.1) is 5.41 Å². The van der Waals surface area contributed by atoms with Crippen LogP contribution in [0.5, 0.6) is 0 Å². The van der Waals surface area contributed by atoms with Crippen molar-refractivity contribution < 1.29 is 14.3 Å². The largest absolute Gasteiger partial charge is 0.443 e. The second-order valence-electron chi connectivity index (χ2n) is 5.86. The highest BCUT2D eigenvalue weighted by Crippen LogP contribution is 2.24. The molecular weight excluding hydrogens is 220 g/mol. The van der Waals surface area contributed by atoms with E-state index in [4.69, 9.17) is 9.47 Å². The summed E-state index contributed by atoms with van der Waals surface area (Å²) in [6, 6.07) is 0. The van der Waals surface area contributed by atoms with Crippen molar-refractivity contribution in [1.29, 1.82) is 0 Å². The molecule has 0 aromatic rings. The van der Waals surface area contributed by atoms with Crippen molar-refractivity contribution in [2.75, 3.05) is 13.2 Å². The lowest BCUT2D eigenvalue weighted by molar-refractivity contribution is 0.0520. The monoisotopic (exact) mass is 242 g/mol. The van der Waals surface area contributed by atoms with Crippen molar-refractivity contribution in [2.24, 2.45) is 10.5 Å². The third-order valence-corrected chi connectivity index (χ3v) is 2.41. The summed E-state index contributed by atoms with van der Waals surface area (Å²) < 4.78 is 10.5. The number of amides is 1. The first kappa shape index (κ1) is 14.0. The van der Waals surface area contributed by atoms with E-state index < -0.39 is 11.7 Å². The third kappa shape index (κ3) is 4.73. The van der Waals surface area contributed by atoms with E-state index in [0.717, 1.165) is 12.1 Å². The molecule has 1 rings (SSSR count). The molecule has 17 heavy (non-hydrogen) atoms. The molecule has 1 aliphatic heterocycles. The van der Waals surface area contributed by atoms with Gasteiger partial charge in [-0.25, -0.2) is 10.2 Å². The smallest absolute Gasteiger partial charge is 0.428 e. The Morgan fingerprint density at radius 2 is 2.12 bits per heavy atom. The zero-order valence-corrected chi connectivity index (χ0v) is 11.3. The SMILES string of the molecule is CC(C)(C)OC(=O)NN=C1CCOCC1(C)C. The highest BCUT2D eigenvalue weighted by Gasteiger charge is 2.29. The van der Waals surface area contributed by atoms with Gasteiger partial charge >= 0.3 is 6.09 Å². The Kier molecular flexibility index (Phi) is 4.14. The Morgan fingerprint density at radius 1 is 1.47 bits per heavy atom. The zero-order valence-electron chi connectivity index (χ0n) is 11.3. The van der Waals surface area contributed by atoms with Gasteiger partial charge in [0.2, 0.25) is 0 Å². The molecule has 0 aromatic carbocycles. The summed E-state index contributed by atoms with van der Waals surface area (Å²) in [4.78, 5) is 11.4. The van der Waals surface area contributed by atoms with Gasteiger partial charge in [0, 0.05) is 17.5 Å². The minimum Gasteiger partial charge on any atom is -0.443 e. The molecule has 1 fully saturated rings. The van der Waals surface area contributed by atoms with E-state index in [-0.39, 0.29) is 5.41 Å². The summed E-state index contributed by atoms with van der Waals surface area (Å²) in [5.41, 5.74) is 2.74. The van der Waals surface area contributed by atoms with Crippen molar-refractivity contribution in [3.8, 4) is 0 Å². The average molecular weight is 242 g/mol. The first-order valence-electron chi connectivity index (χ1n) is 5.84. The number of hydrazone groups is 1. The van der Waals surface area contributed by atoms with Crippen LogP contribution in [-0.4, -0.2) is 30.6 Å². The van der Waals surface area contributed by atoms with E-state index in [1.54, 1.807) is 0 Å². The Bertz CT molecular complexity index is 316. The van der Waals surface area contributed by atoms with Gasteiger partial charge in [0.1, 0.15) is 5.60 Å². The first-order chi connectivity index (χ1) is 7.71. The second kappa shape index (κ2) is 5.04. The van der Waals surface area contributed by atoms with Crippen LogP contribution in [0.4, 0.5) is 4.79 Å². The van der Waals surface area contributed by atoms with Crippen molar-refractivity contribution >= 4 is 11.8 Å². The summed E-state index contributed by atoms with van der Waals surface area (Å²) in [6.45, 7) is 10.8. The van der Waals surface area contributed by atoms with E-state index in [2.05, 4.69) is 10.5 Å². The predicted molar refractivity (Wildman–Crippen MR) is 66.0 cm³/mol. The summed E-state index contributed by atoms with van der Waals surface area (Å²) in [5.74, 6) is 0. The molecule has 0 saturated carbocycles. The standard InChI is InChI=1S/C12H22N2O3/c1-11(2,3)17-10(15)14-13-9-6-7-16-8-12(9,4)5/h6-8H2,1-5H3,(H,14,15). The van der Waals surface area contributed by atoms with Crippen LogP contribution in [0.2, 0.25) is 0 Å². The lowest BCUT2D eigenvalue weighted by atomic mass is 9.85. The molecule has 0 spiro atoms. The van der Waals surface area contributed by atoms with Crippen LogP contribution >= 0.6 is 0 Å². The van der Waals surface area contributed by atoms with Gasteiger partial charge in [0.25, 0.3) is 0 Å². The fourth-order valence-corrected chi connectivity index (χ4v) is 1.54. The maximum absolute atomic E-state index is 11.4. The van der Waals surface area contributed by atoms with Crippen molar-refractivity contribution in [2.45, 2.75) is 46.6 Å². The molecule has 0 unspecified atom stereocenters. The van der Waals surface area contributed by atoms with Gasteiger partial charge in [-0.05, 0) is 20.8 Å². The van der Waals surface area contributed by atoms with Gasteiger partial charge in [-0.2, -0.15) is 5.10 Å². The molecule has 1 saturated heterocycles. The number of hydrogen-bond acceptors (Lipinski definition) is 4. The lowest BCUT2D eigenvalue weighted by Gasteiger charge is -2.31. The van der Waals surface area contributed by atoms with E-state index in [1.807, 2.05) is 34.6 Å². The highest BCUT2D eigenvalue weighted by molar-refractivity contribution is 5.91. The van der Waals surface area contributed by atoms with Crippen molar-refractivity contribution in [3.05, 3.63) is 0 Å². The van der Waals surface area contributed by atoms with Gasteiger partial charge in [0.05, 0.1) is 13.2 Å². The lowest BCUT2D eigenvalue weighted by Crippen LogP contribution is -2.38. The Hall–Kier alpha value is -1.10. The maximum Gasteiger partial charge on any atom is 0.428 e. The van der Waals surface area contributed by atoms with Gasteiger partial charge in [-0.1, -0.05) is 13.8 Å². The van der Waals surface area contributed by atoms with Crippen molar-refractivity contribution in [1.82, 2.24) is 5.43 Å². The average Bonchev–Trinajstić information content (AvgIpc) is 2.12. The normalized spacial score (nSPS) is 22.3. The number of nitrogens with one attached hydrogen (secondary N) is 1. The molecule has 98 valence electrons.